The van der Waals surface area contributed by atoms with E-state index in [4.69, 9.17) is 9.05 Å². The molecule has 5 aromatic carbocycles. The van der Waals surface area contributed by atoms with E-state index >= 15 is 0 Å². The van der Waals surface area contributed by atoms with Crippen molar-refractivity contribution in [2.75, 3.05) is 0 Å². The fourth-order valence-corrected chi connectivity index (χ4v) is 6.10. The molecule has 0 saturated heterocycles. The third-order valence-electron chi connectivity index (χ3n) is 7.83. The second kappa shape index (κ2) is 11.0. The van der Waals surface area contributed by atoms with Gasteiger partial charge in [-0.3, -0.25) is 0 Å². The molecule has 42 heavy (non-hydrogen) atoms. The van der Waals surface area contributed by atoms with Gasteiger partial charge in [-0.15, -0.1) is 0 Å². The average molecular weight is 578 g/mol. The summed E-state index contributed by atoms with van der Waals surface area (Å²) in [6.45, 7) is 19.9. The lowest BCUT2D eigenvalue weighted by atomic mass is 9.76. The van der Waals surface area contributed by atoms with Crippen LogP contribution in [0, 0.1) is 0 Å². The summed E-state index contributed by atoms with van der Waals surface area (Å²) in [6.07, 6.45) is 0. The number of hydrogen-bond acceptors (Lipinski definition) is 3. The summed E-state index contributed by atoms with van der Waals surface area (Å²) in [4.78, 5) is 13.6. The Morgan fingerprint density at radius 1 is 0.524 bits per heavy atom. The van der Waals surface area contributed by atoms with Crippen LogP contribution in [0.3, 0.4) is 0 Å². The van der Waals surface area contributed by atoms with Gasteiger partial charge < -0.3 is 13.9 Å². The Morgan fingerprint density at radius 3 is 1.81 bits per heavy atom. The van der Waals surface area contributed by atoms with Gasteiger partial charge >= 0.3 is 0 Å². The summed E-state index contributed by atoms with van der Waals surface area (Å²) in [5, 5.41) is 4.59. The van der Waals surface area contributed by atoms with Crippen molar-refractivity contribution in [2.45, 2.75) is 78.6 Å². The first-order chi connectivity index (χ1) is 19.6. The lowest BCUT2D eigenvalue weighted by molar-refractivity contribution is -0.189. The average Bonchev–Trinajstić information content (AvgIpc) is 2.90. The Kier molecular flexibility index (Phi) is 7.90. The molecule has 0 spiro atoms. The highest BCUT2D eigenvalue weighted by atomic mass is 31.2. The van der Waals surface area contributed by atoms with Crippen molar-refractivity contribution in [3.8, 4) is 22.6 Å². The molecular weight excluding hydrogens is 535 g/mol. The molecule has 0 heterocycles. The minimum atomic E-state index is -2.51. The Morgan fingerprint density at radius 2 is 1.14 bits per heavy atom. The first kappa shape index (κ1) is 30.1. The van der Waals surface area contributed by atoms with Crippen LogP contribution in [0.25, 0.3) is 32.7 Å². The van der Waals surface area contributed by atoms with Gasteiger partial charge in [0.25, 0.3) is 0 Å². The van der Waals surface area contributed by atoms with Gasteiger partial charge in [0.2, 0.25) is 8.60 Å². The first-order valence-electron chi connectivity index (χ1n) is 14.7. The molecule has 0 aliphatic heterocycles. The van der Waals surface area contributed by atoms with Gasteiger partial charge in [0.05, 0.1) is 0 Å². The van der Waals surface area contributed by atoms with Crippen LogP contribution in [0.15, 0.2) is 91.0 Å². The molecule has 0 aromatic heterocycles. The molecule has 1 unspecified atom stereocenters. The summed E-state index contributed by atoms with van der Waals surface area (Å²) in [7, 11) is -2.51. The predicted octanol–water partition coefficient (Wildman–Crippen LogP) is 10.6. The lowest BCUT2D eigenvalue weighted by Crippen LogP contribution is -2.18. The van der Waals surface area contributed by atoms with E-state index in [1.54, 1.807) is 0 Å². The molecule has 5 rings (SSSR count). The highest BCUT2D eigenvalue weighted by Gasteiger charge is 2.26. The number of benzene rings is 5. The Labute approximate surface area is 252 Å². The molecular formula is C38H42O3P-. The summed E-state index contributed by atoms with van der Waals surface area (Å²) < 4.78 is 12.2. The second-order valence-corrected chi connectivity index (χ2v) is 15.1. The quantitative estimate of drug-likeness (QED) is 0.195. The Hall–Kier alpha value is -3.39. The topological polar surface area (TPSA) is 41.5 Å². The normalized spacial score (nSPS) is 13.4. The minimum absolute atomic E-state index is 0.0148. The predicted molar refractivity (Wildman–Crippen MR) is 178 cm³/mol. The van der Waals surface area contributed by atoms with Gasteiger partial charge in [-0.1, -0.05) is 129 Å². The van der Waals surface area contributed by atoms with Gasteiger partial charge in [-0.2, -0.15) is 0 Å². The van der Waals surface area contributed by atoms with Crippen molar-refractivity contribution < 1.29 is 13.9 Å². The fraction of sp³-hybridized carbons (Fsp3) is 0.316. The maximum absolute atomic E-state index is 13.6. The molecule has 0 aliphatic carbocycles. The minimum Gasteiger partial charge on any atom is -0.765 e. The molecule has 0 fully saturated rings. The van der Waals surface area contributed by atoms with E-state index < -0.39 is 8.60 Å². The van der Waals surface area contributed by atoms with Crippen LogP contribution in [0.5, 0.6) is 11.5 Å². The first-order valence-corrected chi connectivity index (χ1v) is 15.8. The van der Waals surface area contributed by atoms with Crippen molar-refractivity contribution in [2.24, 2.45) is 0 Å². The molecule has 5 aromatic rings. The molecule has 0 saturated carbocycles. The van der Waals surface area contributed by atoms with E-state index in [1.807, 2.05) is 36.4 Å². The summed E-state index contributed by atoms with van der Waals surface area (Å²) in [5.41, 5.74) is 5.10. The lowest BCUT2D eigenvalue weighted by Gasteiger charge is -2.31. The molecule has 4 heteroatoms. The summed E-state index contributed by atoms with van der Waals surface area (Å²) in [6, 6.07) is 31.1. The third-order valence-corrected chi connectivity index (χ3v) is 8.52. The second-order valence-electron chi connectivity index (χ2n) is 14.3. The number of hydrogen-bond donors (Lipinski definition) is 0. The number of rotatable bonds is 5. The standard InChI is InChI=1S/C38H42O3P/c1-36(2,3)29-21-28-22-33(38(7,8)9)35(24-31(28)32(23-29)37(4,5)6)41-42(39)40-34-17-13-12-16-30(34)27-19-18-25-14-10-11-15-26(25)20-27/h10-24H,1-9H3/q-1. The Balaban J connectivity index is 1.54. The smallest absolute Gasteiger partial charge is 0.210 e. The largest absolute Gasteiger partial charge is 0.765 e. The van der Waals surface area contributed by atoms with Crippen molar-refractivity contribution in [1.29, 1.82) is 0 Å². The van der Waals surface area contributed by atoms with E-state index in [2.05, 4.69) is 117 Å². The monoisotopic (exact) mass is 577 g/mol. The van der Waals surface area contributed by atoms with Crippen LogP contribution in [-0.2, 0) is 16.2 Å². The zero-order valence-electron chi connectivity index (χ0n) is 26.3. The molecule has 218 valence electrons. The SMILES string of the molecule is CC(C)(C)c1cc(C(C)(C)C)c2cc(OP([O-])Oc3ccccc3-c3ccc4ccccc4c3)c(C(C)(C)C)cc2c1. The molecule has 0 amide bonds. The zero-order chi connectivity index (χ0) is 30.4. The molecule has 3 nitrogen and oxygen atoms in total. The molecule has 0 bridgehead atoms. The van der Waals surface area contributed by atoms with Gasteiger partial charge in [0, 0.05) is 11.1 Å². The van der Waals surface area contributed by atoms with Gasteiger partial charge in [0.15, 0.2) is 0 Å². The molecule has 0 radical (unpaired) electrons. The molecule has 0 N–H and O–H groups in total. The van der Waals surface area contributed by atoms with E-state index in [0.29, 0.717) is 11.5 Å². The van der Waals surface area contributed by atoms with Gasteiger partial charge in [-0.25, -0.2) is 0 Å². The van der Waals surface area contributed by atoms with Gasteiger partial charge in [-0.05, 0) is 78.7 Å². The van der Waals surface area contributed by atoms with E-state index in [9.17, 15) is 4.89 Å². The van der Waals surface area contributed by atoms with Crippen molar-refractivity contribution in [3.05, 3.63) is 108 Å². The number of para-hydroxylation sites is 1. The van der Waals surface area contributed by atoms with Crippen LogP contribution >= 0.6 is 8.60 Å². The van der Waals surface area contributed by atoms with Crippen molar-refractivity contribution >= 4 is 30.1 Å². The third kappa shape index (κ3) is 6.33. The highest BCUT2D eigenvalue weighted by Crippen LogP contribution is 2.45. The van der Waals surface area contributed by atoms with E-state index in [0.717, 1.165) is 27.5 Å². The van der Waals surface area contributed by atoms with Crippen molar-refractivity contribution in [3.63, 3.8) is 0 Å². The van der Waals surface area contributed by atoms with Crippen LogP contribution in [0.1, 0.15) is 79.0 Å². The molecule has 1 atom stereocenters. The van der Waals surface area contributed by atoms with Crippen molar-refractivity contribution in [1.82, 2.24) is 0 Å². The van der Waals surface area contributed by atoms with E-state index in [-0.39, 0.29) is 16.2 Å². The maximum Gasteiger partial charge on any atom is 0.210 e. The van der Waals surface area contributed by atoms with Crippen LogP contribution in [-0.4, -0.2) is 0 Å². The summed E-state index contributed by atoms with van der Waals surface area (Å²) in [5.74, 6) is 1.12. The summed E-state index contributed by atoms with van der Waals surface area (Å²) >= 11 is 0. The Bertz CT molecular complexity index is 1750. The zero-order valence-corrected chi connectivity index (χ0v) is 27.2. The van der Waals surface area contributed by atoms with Crippen LogP contribution in [0.4, 0.5) is 0 Å². The fourth-order valence-electron chi connectivity index (χ4n) is 5.43. The molecule has 0 aliphatic rings. The van der Waals surface area contributed by atoms with Crippen LogP contribution < -0.4 is 13.9 Å². The number of fused-ring (bicyclic) bond motifs is 2. The highest BCUT2D eigenvalue weighted by molar-refractivity contribution is 7.40. The van der Waals surface area contributed by atoms with E-state index in [1.165, 1.54) is 21.9 Å². The van der Waals surface area contributed by atoms with Crippen LogP contribution in [0.2, 0.25) is 0 Å². The van der Waals surface area contributed by atoms with Gasteiger partial charge in [0.1, 0.15) is 11.5 Å². The maximum atomic E-state index is 13.6.